The third-order valence-corrected chi connectivity index (χ3v) is 5.69. The van der Waals surface area contributed by atoms with Gasteiger partial charge in [-0.2, -0.15) is 0 Å². The number of nitrogens with one attached hydrogen (secondary N) is 1. The molecule has 1 unspecified atom stereocenters. The third-order valence-electron chi connectivity index (χ3n) is 4.53. The van der Waals surface area contributed by atoms with E-state index in [4.69, 9.17) is 5.73 Å². The summed E-state index contributed by atoms with van der Waals surface area (Å²) in [4.78, 5) is 12.9. The van der Waals surface area contributed by atoms with Crippen molar-refractivity contribution in [3.05, 3.63) is 29.6 Å². The lowest BCUT2D eigenvalue weighted by molar-refractivity contribution is -0.122. The molecule has 3 N–H and O–H groups in total. The Labute approximate surface area is 141 Å². The molecule has 0 saturated heterocycles. The van der Waals surface area contributed by atoms with E-state index >= 15 is 0 Å². The lowest BCUT2D eigenvalue weighted by atomic mass is 9.98. The van der Waals surface area contributed by atoms with Crippen molar-refractivity contribution in [3.63, 3.8) is 0 Å². The number of carbonyl (C=O) groups is 1. The van der Waals surface area contributed by atoms with Crippen LogP contribution in [0.2, 0.25) is 0 Å². The van der Waals surface area contributed by atoms with Gasteiger partial charge in [0.25, 0.3) is 0 Å². The predicted molar refractivity (Wildman–Crippen MR) is 89.8 cm³/mol. The average molecular weight is 345 g/mol. The van der Waals surface area contributed by atoms with Gasteiger partial charge in [0.2, 0.25) is 5.91 Å². The van der Waals surface area contributed by atoms with Crippen LogP contribution in [0.15, 0.2) is 23.1 Å². The molecule has 6 heteroatoms. The normalized spacial score (nSPS) is 26.9. The molecule has 3 atom stereocenters. The number of fused-ring (bicyclic) bond motifs is 1. The van der Waals surface area contributed by atoms with Gasteiger partial charge < -0.3 is 11.1 Å². The van der Waals surface area contributed by atoms with Gasteiger partial charge in [-0.3, -0.25) is 4.79 Å². The monoisotopic (exact) mass is 344 g/mol. The van der Waals surface area contributed by atoms with Gasteiger partial charge >= 0.3 is 0 Å². The smallest absolute Gasteiger partial charge is 0.220 e. The number of rotatable bonds is 3. The van der Waals surface area contributed by atoms with E-state index in [-0.39, 0.29) is 36.2 Å². The number of benzene rings is 1. The summed E-state index contributed by atoms with van der Waals surface area (Å²) in [5.74, 6) is 0.996. The van der Waals surface area contributed by atoms with E-state index in [9.17, 15) is 9.18 Å². The summed E-state index contributed by atoms with van der Waals surface area (Å²) in [6, 6.07) is 5.20. The van der Waals surface area contributed by atoms with Crippen LogP contribution in [0.1, 0.15) is 43.7 Å². The fourth-order valence-electron chi connectivity index (χ4n) is 3.35. The zero-order chi connectivity index (χ0) is 14.8. The minimum Gasteiger partial charge on any atom is -0.349 e. The van der Waals surface area contributed by atoms with Crippen molar-refractivity contribution < 1.29 is 9.18 Å². The van der Waals surface area contributed by atoms with Crippen LogP contribution in [0.4, 0.5) is 4.39 Å². The van der Waals surface area contributed by atoms with E-state index in [0.717, 1.165) is 37.0 Å². The van der Waals surface area contributed by atoms with Crippen molar-refractivity contribution in [3.8, 4) is 0 Å². The van der Waals surface area contributed by atoms with Gasteiger partial charge in [0.05, 0.1) is 6.04 Å². The van der Waals surface area contributed by atoms with E-state index in [1.165, 1.54) is 17.8 Å². The Bertz CT molecular complexity index is 543. The fraction of sp³-hybridized carbons (Fsp3) is 0.562. The first-order valence-corrected chi connectivity index (χ1v) is 8.60. The van der Waals surface area contributed by atoms with Crippen LogP contribution in [0, 0.1) is 11.7 Å². The standard InChI is InChI=1S/C16H21FN2OS.ClH/c17-12-5-2-4-11-14(7-8-21-16(11)12)19-15(20)9-10-3-1-6-13(10)18;/h2,4-5,10,13-14H,1,3,6-9,18H2,(H,19,20);1H/t10-,13+,14?;/m0./s1. The van der Waals surface area contributed by atoms with E-state index in [0.29, 0.717) is 17.2 Å². The highest BCUT2D eigenvalue weighted by Crippen LogP contribution is 2.38. The molecule has 1 aromatic carbocycles. The van der Waals surface area contributed by atoms with Crippen LogP contribution >= 0.6 is 24.2 Å². The topological polar surface area (TPSA) is 55.1 Å². The van der Waals surface area contributed by atoms with Crippen molar-refractivity contribution in [2.75, 3.05) is 5.75 Å². The molecule has 0 aromatic heterocycles. The van der Waals surface area contributed by atoms with Gasteiger partial charge in [-0.1, -0.05) is 18.6 Å². The SMILES string of the molecule is Cl.N[C@@H]1CCC[C@H]1CC(=O)NC1CCSc2c(F)cccc21. The molecule has 1 heterocycles. The molecular weight excluding hydrogens is 323 g/mol. The highest BCUT2D eigenvalue weighted by Gasteiger charge is 2.28. The molecular formula is C16H22ClFN2OS. The second-order valence-electron chi connectivity index (χ2n) is 5.97. The fourth-order valence-corrected chi connectivity index (χ4v) is 4.49. The molecule has 3 nitrogen and oxygen atoms in total. The summed E-state index contributed by atoms with van der Waals surface area (Å²) >= 11 is 1.53. The van der Waals surface area contributed by atoms with Gasteiger partial charge in [-0.05, 0) is 36.8 Å². The quantitative estimate of drug-likeness (QED) is 0.883. The maximum atomic E-state index is 13.8. The van der Waals surface area contributed by atoms with Crippen molar-refractivity contribution in [1.82, 2.24) is 5.32 Å². The second kappa shape index (κ2) is 7.66. The van der Waals surface area contributed by atoms with E-state index < -0.39 is 0 Å². The molecule has 1 amide bonds. The minimum atomic E-state index is -0.186. The maximum absolute atomic E-state index is 13.8. The van der Waals surface area contributed by atoms with Gasteiger partial charge in [-0.15, -0.1) is 24.2 Å². The third kappa shape index (κ3) is 3.76. The molecule has 122 valence electrons. The largest absolute Gasteiger partial charge is 0.349 e. The molecule has 0 spiro atoms. The summed E-state index contributed by atoms with van der Waals surface area (Å²) in [6.07, 6.45) is 4.53. The molecule has 22 heavy (non-hydrogen) atoms. The highest BCUT2D eigenvalue weighted by atomic mass is 35.5. The molecule has 1 aliphatic carbocycles. The van der Waals surface area contributed by atoms with Crippen LogP contribution < -0.4 is 11.1 Å². The van der Waals surface area contributed by atoms with Crippen molar-refractivity contribution in [2.24, 2.45) is 11.7 Å². The lowest BCUT2D eigenvalue weighted by Crippen LogP contribution is -2.34. The molecule has 3 rings (SSSR count). The van der Waals surface area contributed by atoms with Gasteiger partial charge in [0, 0.05) is 23.1 Å². The molecule has 2 aliphatic rings. The van der Waals surface area contributed by atoms with E-state index in [2.05, 4.69) is 5.32 Å². The molecule has 0 bridgehead atoms. The van der Waals surface area contributed by atoms with Gasteiger partial charge in [0.15, 0.2) is 0 Å². The van der Waals surface area contributed by atoms with Gasteiger partial charge in [-0.25, -0.2) is 4.39 Å². The Morgan fingerprint density at radius 2 is 2.18 bits per heavy atom. The lowest BCUT2D eigenvalue weighted by Gasteiger charge is -2.27. The van der Waals surface area contributed by atoms with Crippen molar-refractivity contribution in [1.29, 1.82) is 0 Å². The Morgan fingerprint density at radius 3 is 2.91 bits per heavy atom. The first kappa shape index (κ1) is 17.6. The Balaban J connectivity index is 0.00000176. The number of hydrogen-bond donors (Lipinski definition) is 2. The van der Waals surface area contributed by atoms with Crippen LogP contribution in [0.3, 0.4) is 0 Å². The predicted octanol–water partition coefficient (Wildman–Crippen LogP) is 3.42. The number of halogens is 2. The first-order valence-electron chi connectivity index (χ1n) is 7.61. The zero-order valence-electron chi connectivity index (χ0n) is 12.4. The van der Waals surface area contributed by atoms with Crippen molar-refractivity contribution >= 4 is 30.1 Å². The van der Waals surface area contributed by atoms with E-state index in [1.54, 1.807) is 6.07 Å². The molecule has 1 fully saturated rings. The summed E-state index contributed by atoms with van der Waals surface area (Å²) in [7, 11) is 0. The Hall–Kier alpha value is -0.780. The average Bonchev–Trinajstić information content (AvgIpc) is 2.85. The van der Waals surface area contributed by atoms with E-state index in [1.807, 2.05) is 6.07 Å². The summed E-state index contributed by atoms with van der Waals surface area (Å²) < 4.78 is 13.8. The maximum Gasteiger partial charge on any atom is 0.220 e. The highest BCUT2D eigenvalue weighted by molar-refractivity contribution is 7.99. The second-order valence-corrected chi connectivity index (χ2v) is 7.08. The molecule has 1 saturated carbocycles. The zero-order valence-corrected chi connectivity index (χ0v) is 14.0. The number of amides is 1. The summed E-state index contributed by atoms with van der Waals surface area (Å²) in [6.45, 7) is 0. The number of hydrogen-bond acceptors (Lipinski definition) is 3. The Kier molecular flexibility index (Phi) is 6.12. The van der Waals surface area contributed by atoms with Gasteiger partial charge in [0.1, 0.15) is 5.82 Å². The summed E-state index contributed by atoms with van der Waals surface area (Å²) in [5, 5.41) is 3.08. The minimum absolute atomic E-state index is 0. The molecule has 1 aromatic rings. The number of thioether (sulfide) groups is 1. The number of carbonyl (C=O) groups excluding carboxylic acids is 1. The molecule has 1 aliphatic heterocycles. The Morgan fingerprint density at radius 1 is 1.36 bits per heavy atom. The van der Waals surface area contributed by atoms with Crippen LogP contribution in [0.5, 0.6) is 0 Å². The van der Waals surface area contributed by atoms with Crippen molar-refractivity contribution in [2.45, 2.75) is 49.1 Å². The van der Waals surface area contributed by atoms with Crippen LogP contribution in [0.25, 0.3) is 0 Å². The van der Waals surface area contributed by atoms with Crippen LogP contribution in [-0.4, -0.2) is 17.7 Å². The van der Waals surface area contributed by atoms with Crippen LogP contribution in [-0.2, 0) is 4.79 Å². The first-order chi connectivity index (χ1) is 10.1. The summed E-state index contributed by atoms with van der Waals surface area (Å²) in [5.41, 5.74) is 6.94. The molecule has 0 radical (unpaired) electrons. The number of nitrogens with two attached hydrogens (primary N) is 1.